The summed E-state index contributed by atoms with van der Waals surface area (Å²) < 4.78 is 24.9. The van der Waals surface area contributed by atoms with Crippen LogP contribution in [-0.2, 0) is 11.3 Å². The molecule has 26 heavy (non-hydrogen) atoms. The second kappa shape index (κ2) is 7.72. The van der Waals surface area contributed by atoms with Crippen LogP contribution in [0.2, 0.25) is 0 Å². The molecule has 0 aliphatic carbocycles. The first-order valence-electron chi connectivity index (χ1n) is 8.26. The molecular weight excluding hydrogens is 341 g/mol. The van der Waals surface area contributed by atoms with Crippen LogP contribution in [0.4, 0.5) is 14.9 Å². The molecule has 2 aromatic carbocycles. The molecule has 0 bridgehead atoms. The van der Waals surface area contributed by atoms with E-state index in [0.717, 1.165) is 5.56 Å². The van der Waals surface area contributed by atoms with Gasteiger partial charge in [0.2, 0.25) is 0 Å². The van der Waals surface area contributed by atoms with E-state index in [2.05, 4.69) is 0 Å². The number of carbonyl (C=O) groups excluding carboxylic acids is 1. The number of ether oxygens (including phenoxy) is 2. The second-order valence-corrected chi connectivity index (χ2v) is 6.11. The van der Waals surface area contributed by atoms with Gasteiger partial charge in [0, 0.05) is 5.56 Å². The lowest BCUT2D eigenvalue weighted by Gasteiger charge is -2.14. The van der Waals surface area contributed by atoms with Crippen molar-refractivity contribution in [1.82, 2.24) is 0 Å². The van der Waals surface area contributed by atoms with Crippen LogP contribution in [0.1, 0.15) is 24.2 Å². The molecule has 7 heteroatoms. The van der Waals surface area contributed by atoms with Gasteiger partial charge in [-0.25, -0.2) is 9.18 Å². The highest BCUT2D eigenvalue weighted by atomic mass is 19.1. The summed E-state index contributed by atoms with van der Waals surface area (Å²) in [4.78, 5) is 13.0. The maximum Gasteiger partial charge on any atom is 0.414 e. The van der Waals surface area contributed by atoms with Crippen molar-refractivity contribution >= 4 is 11.8 Å². The first-order valence-corrected chi connectivity index (χ1v) is 8.26. The molecule has 1 unspecified atom stereocenters. The van der Waals surface area contributed by atoms with Gasteiger partial charge >= 0.3 is 6.09 Å². The van der Waals surface area contributed by atoms with Crippen molar-refractivity contribution in [3.05, 3.63) is 59.4 Å². The van der Waals surface area contributed by atoms with Gasteiger partial charge in [-0.2, -0.15) is 0 Å². The lowest BCUT2D eigenvalue weighted by molar-refractivity contribution is 0.0963. The molecule has 2 aromatic rings. The summed E-state index contributed by atoms with van der Waals surface area (Å²) in [6, 6.07) is 11.3. The van der Waals surface area contributed by atoms with Crippen LogP contribution in [0.15, 0.2) is 42.5 Å². The summed E-state index contributed by atoms with van der Waals surface area (Å²) in [5.74, 6) is 0.0649. The molecule has 6 nitrogen and oxygen atoms in total. The number of carbonyl (C=O) groups is 1. The summed E-state index contributed by atoms with van der Waals surface area (Å²) in [6.45, 7) is 1.61. The minimum atomic E-state index is -0.606. The molecule has 0 aromatic heterocycles. The van der Waals surface area contributed by atoms with E-state index >= 15 is 0 Å². The van der Waals surface area contributed by atoms with Gasteiger partial charge in [-0.15, -0.1) is 0 Å². The Morgan fingerprint density at radius 1 is 1.31 bits per heavy atom. The standard InChI is InChI=1S/C19H20FNO5/c1-12(23)13-3-6-16(7-4-13)25-11-14-2-5-15(8-18(14)20)21-9-17(10-22)26-19(21)24/h2-8,12,17,22-23H,9-11H2,1H3/t12?,17-/m1/s1. The molecule has 1 fully saturated rings. The Kier molecular flexibility index (Phi) is 5.39. The molecule has 138 valence electrons. The normalized spacial score (nSPS) is 17.9. The molecule has 0 radical (unpaired) electrons. The fraction of sp³-hybridized carbons (Fsp3) is 0.316. The third-order valence-corrected chi connectivity index (χ3v) is 4.18. The van der Waals surface area contributed by atoms with Gasteiger partial charge in [-0.3, -0.25) is 4.90 Å². The number of anilines is 1. The fourth-order valence-corrected chi connectivity index (χ4v) is 2.65. The van der Waals surface area contributed by atoms with Crippen molar-refractivity contribution in [1.29, 1.82) is 0 Å². The Hall–Kier alpha value is -2.64. The minimum absolute atomic E-state index is 0.0316. The molecule has 1 heterocycles. The zero-order chi connectivity index (χ0) is 18.7. The molecule has 1 aliphatic rings. The summed E-state index contributed by atoms with van der Waals surface area (Å²) in [5.41, 5.74) is 1.49. The number of halogens is 1. The third-order valence-electron chi connectivity index (χ3n) is 4.18. The van der Waals surface area contributed by atoms with Crippen LogP contribution < -0.4 is 9.64 Å². The molecule has 0 spiro atoms. The van der Waals surface area contributed by atoms with Crippen LogP contribution in [0.25, 0.3) is 0 Å². The molecule has 0 saturated carbocycles. The summed E-state index contributed by atoms with van der Waals surface area (Å²) in [7, 11) is 0. The van der Waals surface area contributed by atoms with E-state index in [1.807, 2.05) is 0 Å². The Morgan fingerprint density at radius 3 is 2.62 bits per heavy atom. The lowest BCUT2D eigenvalue weighted by Crippen LogP contribution is -2.25. The van der Waals surface area contributed by atoms with Gasteiger partial charge < -0.3 is 19.7 Å². The smallest absolute Gasteiger partial charge is 0.414 e. The van der Waals surface area contributed by atoms with Crippen LogP contribution in [0.5, 0.6) is 5.75 Å². The van der Waals surface area contributed by atoms with Gasteiger partial charge in [-0.1, -0.05) is 18.2 Å². The summed E-state index contributed by atoms with van der Waals surface area (Å²) in [5, 5.41) is 18.5. The largest absolute Gasteiger partial charge is 0.489 e. The number of benzene rings is 2. The number of nitrogens with zero attached hydrogens (tertiary/aromatic N) is 1. The van der Waals surface area contributed by atoms with Crippen LogP contribution in [0.3, 0.4) is 0 Å². The van der Waals surface area contributed by atoms with Crippen LogP contribution in [0, 0.1) is 5.82 Å². The van der Waals surface area contributed by atoms with E-state index in [1.54, 1.807) is 43.3 Å². The molecule has 1 saturated heterocycles. The number of aliphatic hydroxyl groups excluding tert-OH is 2. The van der Waals surface area contributed by atoms with Crippen LogP contribution >= 0.6 is 0 Å². The van der Waals surface area contributed by atoms with Crippen molar-refractivity contribution in [2.75, 3.05) is 18.1 Å². The minimum Gasteiger partial charge on any atom is -0.489 e. The summed E-state index contributed by atoms with van der Waals surface area (Å²) >= 11 is 0. The molecule has 2 atom stereocenters. The zero-order valence-corrected chi connectivity index (χ0v) is 14.3. The van der Waals surface area contributed by atoms with Crippen molar-refractivity contribution in [2.24, 2.45) is 0 Å². The molecule has 3 rings (SSSR count). The highest BCUT2D eigenvalue weighted by molar-refractivity contribution is 5.89. The van der Waals surface area contributed by atoms with E-state index in [9.17, 15) is 14.3 Å². The number of hydrogen-bond donors (Lipinski definition) is 2. The highest BCUT2D eigenvalue weighted by Crippen LogP contribution is 2.25. The fourth-order valence-electron chi connectivity index (χ4n) is 2.65. The predicted octanol–water partition coefficient (Wildman–Crippen LogP) is 2.78. The van der Waals surface area contributed by atoms with E-state index in [1.165, 1.54) is 11.0 Å². The number of aliphatic hydroxyl groups is 2. The first-order chi connectivity index (χ1) is 12.5. The van der Waals surface area contributed by atoms with Gasteiger partial charge in [-0.05, 0) is 36.8 Å². The average molecular weight is 361 g/mol. The lowest BCUT2D eigenvalue weighted by atomic mass is 10.1. The quantitative estimate of drug-likeness (QED) is 0.827. The molecule has 1 amide bonds. The average Bonchev–Trinajstić information content (AvgIpc) is 3.02. The molecule has 2 N–H and O–H groups in total. The van der Waals surface area contributed by atoms with E-state index in [0.29, 0.717) is 17.0 Å². The van der Waals surface area contributed by atoms with Gasteiger partial charge in [0.1, 0.15) is 24.3 Å². The van der Waals surface area contributed by atoms with Crippen molar-refractivity contribution in [3.8, 4) is 5.75 Å². The number of hydrogen-bond acceptors (Lipinski definition) is 5. The Labute approximate surface area is 150 Å². The van der Waals surface area contributed by atoms with Crippen LogP contribution in [-0.4, -0.2) is 35.6 Å². The SMILES string of the molecule is CC(O)c1ccc(OCc2ccc(N3C[C@H](CO)OC3=O)cc2F)cc1. The van der Waals surface area contributed by atoms with Crippen molar-refractivity contribution in [2.45, 2.75) is 25.7 Å². The Bertz CT molecular complexity index is 778. The summed E-state index contributed by atoms with van der Waals surface area (Å²) in [6.07, 6.45) is -1.76. The van der Waals surface area contributed by atoms with E-state index in [4.69, 9.17) is 14.6 Å². The highest BCUT2D eigenvalue weighted by Gasteiger charge is 2.32. The van der Waals surface area contributed by atoms with E-state index < -0.39 is 24.1 Å². The number of rotatable bonds is 6. The Morgan fingerprint density at radius 2 is 2.04 bits per heavy atom. The topological polar surface area (TPSA) is 79.2 Å². The van der Waals surface area contributed by atoms with E-state index in [-0.39, 0.29) is 19.8 Å². The van der Waals surface area contributed by atoms with Crippen molar-refractivity contribution < 1.29 is 28.9 Å². The monoisotopic (exact) mass is 361 g/mol. The third kappa shape index (κ3) is 3.95. The van der Waals surface area contributed by atoms with Gasteiger partial charge in [0.15, 0.2) is 0 Å². The first kappa shape index (κ1) is 18.2. The Balaban J connectivity index is 1.65. The second-order valence-electron chi connectivity index (χ2n) is 6.11. The molecule has 1 aliphatic heterocycles. The zero-order valence-electron chi connectivity index (χ0n) is 14.3. The number of cyclic esters (lactones) is 1. The maximum atomic E-state index is 14.3. The van der Waals surface area contributed by atoms with Gasteiger partial charge in [0.05, 0.1) is 24.9 Å². The van der Waals surface area contributed by atoms with Crippen molar-refractivity contribution in [3.63, 3.8) is 0 Å². The van der Waals surface area contributed by atoms with Gasteiger partial charge in [0.25, 0.3) is 0 Å². The maximum absolute atomic E-state index is 14.3. The molecular formula is C19H20FNO5. The predicted molar refractivity (Wildman–Crippen MR) is 92.5 cm³/mol. The number of amides is 1.